The van der Waals surface area contributed by atoms with E-state index in [-0.39, 0.29) is 12.7 Å². The molecule has 2 heterocycles. The second-order valence-electron chi connectivity index (χ2n) is 7.85. The molecule has 3 aromatic carbocycles. The number of benzene rings is 3. The van der Waals surface area contributed by atoms with Gasteiger partial charge in [0.2, 0.25) is 6.79 Å². The van der Waals surface area contributed by atoms with E-state index in [1.165, 1.54) is 0 Å². The van der Waals surface area contributed by atoms with E-state index < -0.39 is 0 Å². The SMILES string of the molecule is Cc1cccc(C(=O)N(Cc2ccccc2)Cc2cc3cc4c(cc3nc2Cl)OCO4)c1. The quantitative estimate of drug-likeness (QED) is 0.367. The van der Waals surface area contributed by atoms with Crippen molar-refractivity contribution in [2.75, 3.05) is 6.79 Å². The molecule has 0 aliphatic carbocycles. The smallest absolute Gasteiger partial charge is 0.254 e. The molecule has 0 spiro atoms. The minimum absolute atomic E-state index is 0.0561. The van der Waals surface area contributed by atoms with Crippen LogP contribution in [0.15, 0.2) is 72.8 Å². The van der Waals surface area contributed by atoms with Crippen LogP contribution in [-0.2, 0) is 13.1 Å². The molecule has 0 radical (unpaired) electrons. The third-order valence-corrected chi connectivity index (χ3v) is 5.79. The second-order valence-corrected chi connectivity index (χ2v) is 8.21. The van der Waals surface area contributed by atoms with Crippen LogP contribution in [0.2, 0.25) is 5.15 Å². The fourth-order valence-corrected chi connectivity index (χ4v) is 4.07. The normalized spacial score (nSPS) is 12.2. The van der Waals surface area contributed by atoms with Gasteiger partial charge in [0, 0.05) is 35.7 Å². The zero-order valence-corrected chi connectivity index (χ0v) is 18.3. The summed E-state index contributed by atoms with van der Waals surface area (Å²) >= 11 is 6.56. The maximum absolute atomic E-state index is 13.5. The highest BCUT2D eigenvalue weighted by atomic mass is 35.5. The Morgan fingerprint density at radius 3 is 2.53 bits per heavy atom. The zero-order chi connectivity index (χ0) is 22.1. The Labute approximate surface area is 191 Å². The summed E-state index contributed by atoms with van der Waals surface area (Å²) in [6, 6.07) is 23.2. The number of carbonyl (C=O) groups is 1. The molecule has 1 aliphatic rings. The van der Waals surface area contributed by atoms with Gasteiger partial charge in [-0.25, -0.2) is 4.98 Å². The average molecular weight is 445 g/mol. The number of hydrogen-bond acceptors (Lipinski definition) is 4. The average Bonchev–Trinajstić information content (AvgIpc) is 3.25. The summed E-state index contributed by atoms with van der Waals surface area (Å²) in [7, 11) is 0. The first-order chi connectivity index (χ1) is 15.6. The first kappa shape index (κ1) is 20.3. The highest BCUT2D eigenvalue weighted by Gasteiger charge is 2.20. The maximum atomic E-state index is 13.5. The number of aryl methyl sites for hydroxylation is 1. The molecule has 0 fully saturated rings. The van der Waals surface area contributed by atoms with Crippen LogP contribution >= 0.6 is 11.6 Å². The lowest BCUT2D eigenvalue weighted by molar-refractivity contribution is 0.0730. The van der Waals surface area contributed by atoms with E-state index in [1.807, 2.05) is 79.7 Å². The predicted molar refractivity (Wildman–Crippen MR) is 124 cm³/mol. The van der Waals surface area contributed by atoms with Gasteiger partial charge >= 0.3 is 0 Å². The summed E-state index contributed by atoms with van der Waals surface area (Å²) < 4.78 is 10.9. The summed E-state index contributed by atoms with van der Waals surface area (Å²) in [6.07, 6.45) is 0. The molecule has 0 bridgehead atoms. The van der Waals surface area contributed by atoms with Crippen LogP contribution in [0.1, 0.15) is 27.0 Å². The molecule has 5 nitrogen and oxygen atoms in total. The van der Waals surface area contributed by atoms with E-state index in [9.17, 15) is 4.79 Å². The molecule has 4 aromatic rings. The molecule has 1 amide bonds. The van der Waals surface area contributed by atoms with Gasteiger partial charge in [0.05, 0.1) is 5.52 Å². The lowest BCUT2D eigenvalue weighted by Gasteiger charge is -2.24. The Kier molecular flexibility index (Phi) is 5.41. The van der Waals surface area contributed by atoms with Crippen LogP contribution in [-0.4, -0.2) is 22.6 Å². The van der Waals surface area contributed by atoms with Crippen molar-refractivity contribution in [3.8, 4) is 11.5 Å². The van der Waals surface area contributed by atoms with E-state index in [2.05, 4.69) is 4.98 Å². The van der Waals surface area contributed by atoms with Crippen molar-refractivity contribution in [3.63, 3.8) is 0 Å². The van der Waals surface area contributed by atoms with Crippen molar-refractivity contribution in [3.05, 3.63) is 100 Å². The van der Waals surface area contributed by atoms with Gasteiger partial charge in [0.25, 0.3) is 5.91 Å². The van der Waals surface area contributed by atoms with Gasteiger partial charge < -0.3 is 14.4 Å². The van der Waals surface area contributed by atoms with Crippen molar-refractivity contribution in [2.24, 2.45) is 0 Å². The fraction of sp³-hybridized carbons (Fsp3) is 0.154. The van der Waals surface area contributed by atoms with E-state index in [4.69, 9.17) is 21.1 Å². The van der Waals surface area contributed by atoms with Crippen molar-refractivity contribution < 1.29 is 14.3 Å². The largest absolute Gasteiger partial charge is 0.454 e. The van der Waals surface area contributed by atoms with Gasteiger partial charge in [-0.3, -0.25) is 4.79 Å². The highest BCUT2D eigenvalue weighted by Crippen LogP contribution is 2.36. The number of nitrogens with zero attached hydrogens (tertiary/aromatic N) is 2. The van der Waals surface area contributed by atoms with E-state index in [0.717, 1.165) is 27.6 Å². The number of ether oxygens (including phenoxy) is 2. The standard InChI is InChI=1S/C26H21ClN2O3/c1-17-6-5-9-19(10-17)26(30)29(14-18-7-3-2-4-8-18)15-21-11-20-12-23-24(32-16-31-23)13-22(20)28-25(21)27/h2-13H,14-16H2,1H3. The minimum atomic E-state index is -0.0561. The van der Waals surface area contributed by atoms with Gasteiger partial charge in [-0.05, 0) is 36.8 Å². The summed E-state index contributed by atoms with van der Waals surface area (Å²) in [6.45, 7) is 2.97. The molecule has 160 valence electrons. The van der Waals surface area contributed by atoms with Crippen LogP contribution in [0.4, 0.5) is 0 Å². The molecule has 0 saturated carbocycles. The van der Waals surface area contributed by atoms with E-state index in [1.54, 1.807) is 4.90 Å². The van der Waals surface area contributed by atoms with Crippen molar-refractivity contribution >= 4 is 28.4 Å². The lowest BCUT2D eigenvalue weighted by atomic mass is 10.1. The molecular formula is C26H21ClN2O3. The number of rotatable bonds is 5. The van der Waals surface area contributed by atoms with E-state index >= 15 is 0 Å². The van der Waals surface area contributed by atoms with Crippen LogP contribution in [0.5, 0.6) is 11.5 Å². The lowest BCUT2D eigenvalue weighted by Crippen LogP contribution is -2.30. The Morgan fingerprint density at radius 2 is 1.75 bits per heavy atom. The number of pyridine rings is 1. The Bertz CT molecular complexity index is 1310. The van der Waals surface area contributed by atoms with Crippen molar-refractivity contribution in [1.82, 2.24) is 9.88 Å². The van der Waals surface area contributed by atoms with Gasteiger partial charge in [-0.15, -0.1) is 0 Å². The summed E-state index contributed by atoms with van der Waals surface area (Å²) in [4.78, 5) is 19.8. The van der Waals surface area contributed by atoms with Gasteiger partial charge in [-0.2, -0.15) is 0 Å². The summed E-state index contributed by atoms with van der Waals surface area (Å²) in [5.74, 6) is 1.29. The molecule has 32 heavy (non-hydrogen) atoms. The fourth-order valence-electron chi connectivity index (χ4n) is 3.86. The van der Waals surface area contributed by atoms with Crippen LogP contribution in [0.3, 0.4) is 0 Å². The Morgan fingerprint density at radius 1 is 0.969 bits per heavy atom. The monoisotopic (exact) mass is 444 g/mol. The number of aromatic nitrogens is 1. The number of amides is 1. The van der Waals surface area contributed by atoms with Gasteiger partial charge in [-0.1, -0.05) is 59.6 Å². The van der Waals surface area contributed by atoms with Crippen LogP contribution in [0.25, 0.3) is 10.9 Å². The number of fused-ring (bicyclic) bond motifs is 2. The zero-order valence-electron chi connectivity index (χ0n) is 17.5. The molecule has 0 atom stereocenters. The van der Waals surface area contributed by atoms with Gasteiger partial charge in [0.15, 0.2) is 11.5 Å². The number of halogens is 1. The highest BCUT2D eigenvalue weighted by molar-refractivity contribution is 6.30. The molecule has 0 N–H and O–H groups in total. The number of hydrogen-bond donors (Lipinski definition) is 0. The molecule has 0 saturated heterocycles. The first-order valence-electron chi connectivity index (χ1n) is 10.4. The van der Waals surface area contributed by atoms with Crippen LogP contribution in [0, 0.1) is 6.92 Å². The second kappa shape index (κ2) is 8.52. The molecule has 0 unspecified atom stereocenters. The molecule has 5 rings (SSSR count). The van der Waals surface area contributed by atoms with Crippen molar-refractivity contribution in [1.29, 1.82) is 0 Å². The summed E-state index contributed by atoms with van der Waals surface area (Å²) in [5, 5.41) is 1.25. The minimum Gasteiger partial charge on any atom is -0.454 e. The molecule has 1 aliphatic heterocycles. The first-order valence-corrected chi connectivity index (χ1v) is 10.7. The van der Waals surface area contributed by atoms with E-state index in [0.29, 0.717) is 35.3 Å². The Hall–Kier alpha value is -3.57. The topological polar surface area (TPSA) is 51.7 Å². The summed E-state index contributed by atoms with van der Waals surface area (Å²) in [5.41, 5.74) is 4.23. The third kappa shape index (κ3) is 4.12. The van der Waals surface area contributed by atoms with Crippen LogP contribution < -0.4 is 9.47 Å². The molecular weight excluding hydrogens is 424 g/mol. The van der Waals surface area contributed by atoms with Gasteiger partial charge in [0.1, 0.15) is 5.15 Å². The molecule has 6 heteroatoms. The third-order valence-electron chi connectivity index (χ3n) is 5.46. The maximum Gasteiger partial charge on any atom is 0.254 e. The molecule has 1 aromatic heterocycles. The number of carbonyl (C=O) groups excluding carboxylic acids is 1. The predicted octanol–water partition coefficient (Wildman–Crippen LogP) is 5.77. The Balaban J connectivity index is 1.51. The van der Waals surface area contributed by atoms with Crippen molar-refractivity contribution in [2.45, 2.75) is 20.0 Å².